The zero-order valence-electron chi connectivity index (χ0n) is 15.9. The molecule has 2 N–H and O–H groups in total. The van der Waals surface area contributed by atoms with Crippen LogP contribution in [0.5, 0.6) is 5.75 Å². The Balaban J connectivity index is 1.96. The van der Waals surface area contributed by atoms with Crippen LogP contribution in [0.3, 0.4) is 0 Å². The first-order valence-corrected chi connectivity index (χ1v) is 9.57. The molecule has 0 radical (unpaired) electrons. The lowest BCUT2D eigenvalue weighted by atomic mass is 10.1. The molecule has 0 aliphatic rings. The number of halogens is 2. The van der Waals surface area contributed by atoms with E-state index in [4.69, 9.17) is 27.9 Å². The predicted molar refractivity (Wildman–Crippen MR) is 119 cm³/mol. The van der Waals surface area contributed by atoms with Crippen LogP contribution < -0.4 is 15.4 Å². The van der Waals surface area contributed by atoms with Gasteiger partial charge in [0.25, 0.3) is 11.8 Å². The van der Waals surface area contributed by atoms with E-state index in [1.54, 1.807) is 48.5 Å². The highest BCUT2D eigenvalue weighted by atomic mass is 35.5. The molecule has 1 aromatic heterocycles. The van der Waals surface area contributed by atoms with Crippen molar-refractivity contribution in [2.75, 3.05) is 17.7 Å². The van der Waals surface area contributed by atoms with Crippen LogP contribution in [0.25, 0.3) is 6.08 Å². The first-order chi connectivity index (χ1) is 14.5. The van der Waals surface area contributed by atoms with Crippen molar-refractivity contribution in [1.29, 1.82) is 0 Å². The van der Waals surface area contributed by atoms with E-state index in [-0.39, 0.29) is 10.7 Å². The Labute approximate surface area is 183 Å². The number of benzene rings is 2. The van der Waals surface area contributed by atoms with E-state index in [9.17, 15) is 9.59 Å². The minimum absolute atomic E-state index is 0.163. The number of nitrogens with one attached hydrogen (secondary N) is 2. The van der Waals surface area contributed by atoms with Gasteiger partial charge in [-0.2, -0.15) is 0 Å². The third-order valence-corrected chi connectivity index (χ3v) is 4.57. The van der Waals surface area contributed by atoms with Crippen molar-refractivity contribution in [2.45, 2.75) is 0 Å². The molecule has 0 saturated heterocycles. The fraction of sp³-hybridized carbons (Fsp3) is 0.0455. The van der Waals surface area contributed by atoms with Crippen molar-refractivity contribution in [1.82, 2.24) is 4.98 Å². The van der Waals surface area contributed by atoms with E-state index >= 15 is 0 Å². The van der Waals surface area contributed by atoms with Gasteiger partial charge in [0.15, 0.2) is 0 Å². The molecule has 1 heterocycles. The minimum atomic E-state index is -0.663. The third kappa shape index (κ3) is 5.37. The van der Waals surface area contributed by atoms with Gasteiger partial charge in [0, 0.05) is 22.5 Å². The number of carbonyl (C=O) groups is 2. The van der Waals surface area contributed by atoms with Crippen LogP contribution >= 0.6 is 23.2 Å². The zero-order chi connectivity index (χ0) is 21.5. The molecule has 0 fully saturated rings. The number of amides is 2. The number of ether oxygens (including phenoxy) is 1. The normalized spacial score (nSPS) is 11.0. The molecule has 2 aromatic carbocycles. The van der Waals surface area contributed by atoms with Crippen LogP contribution in [0.2, 0.25) is 10.2 Å². The van der Waals surface area contributed by atoms with Gasteiger partial charge in [0.05, 0.1) is 12.8 Å². The Bertz CT molecular complexity index is 1100. The second kappa shape index (κ2) is 9.91. The summed E-state index contributed by atoms with van der Waals surface area (Å²) in [5.74, 6) is -0.876. The molecule has 0 aliphatic heterocycles. The molecule has 6 nitrogen and oxygen atoms in total. The monoisotopic (exact) mass is 441 g/mol. The number of para-hydroxylation sites is 1. The topological polar surface area (TPSA) is 80.3 Å². The molecule has 0 saturated carbocycles. The Hall–Kier alpha value is -3.35. The number of anilines is 2. The first kappa shape index (κ1) is 21.4. The van der Waals surface area contributed by atoms with Crippen LogP contribution in [0.1, 0.15) is 5.56 Å². The van der Waals surface area contributed by atoms with Gasteiger partial charge in [-0.15, -0.1) is 0 Å². The van der Waals surface area contributed by atoms with Gasteiger partial charge < -0.3 is 15.4 Å². The Kier molecular flexibility index (Phi) is 7.06. The summed E-state index contributed by atoms with van der Waals surface area (Å²) < 4.78 is 5.25. The van der Waals surface area contributed by atoms with Crippen molar-refractivity contribution < 1.29 is 14.3 Å². The standard InChI is InChI=1S/C22H17Cl2N3O3/c1-30-19-10-9-15(23)13-18(19)27-22(29)17(12-14-6-5-11-25-20(14)24)21(28)26-16-7-3-2-4-8-16/h2-13H,1H3,(H,26,28)(H,27,29)/b17-12+. The molecule has 3 rings (SSSR count). The van der Waals surface area contributed by atoms with Crippen LogP contribution in [0.4, 0.5) is 11.4 Å². The molecule has 0 atom stereocenters. The number of rotatable bonds is 6. The summed E-state index contributed by atoms with van der Waals surface area (Å²) in [6, 6.07) is 16.9. The number of hydrogen-bond donors (Lipinski definition) is 2. The van der Waals surface area contributed by atoms with E-state index in [1.165, 1.54) is 25.4 Å². The fourth-order valence-corrected chi connectivity index (χ4v) is 2.93. The summed E-state index contributed by atoms with van der Waals surface area (Å²) in [5, 5.41) is 5.93. The van der Waals surface area contributed by atoms with Crippen LogP contribution in [0, 0.1) is 0 Å². The van der Waals surface area contributed by atoms with E-state index in [2.05, 4.69) is 15.6 Å². The van der Waals surface area contributed by atoms with Crippen molar-refractivity contribution in [3.8, 4) is 5.75 Å². The lowest BCUT2D eigenvalue weighted by Crippen LogP contribution is -2.25. The Morgan fingerprint density at radius 2 is 1.70 bits per heavy atom. The van der Waals surface area contributed by atoms with E-state index < -0.39 is 11.8 Å². The summed E-state index contributed by atoms with van der Waals surface area (Å²) in [7, 11) is 1.47. The maximum absolute atomic E-state index is 13.0. The minimum Gasteiger partial charge on any atom is -0.495 e. The van der Waals surface area contributed by atoms with Gasteiger partial charge in [-0.3, -0.25) is 9.59 Å². The van der Waals surface area contributed by atoms with Crippen molar-refractivity contribution in [3.05, 3.63) is 88.2 Å². The highest BCUT2D eigenvalue weighted by molar-refractivity contribution is 6.33. The van der Waals surface area contributed by atoms with E-state index in [0.29, 0.717) is 27.7 Å². The molecule has 3 aromatic rings. The highest BCUT2D eigenvalue weighted by Gasteiger charge is 2.21. The molecular formula is C22H17Cl2N3O3. The molecule has 0 unspecified atom stereocenters. The highest BCUT2D eigenvalue weighted by Crippen LogP contribution is 2.28. The molecule has 8 heteroatoms. The zero-order valence-corrected chi connectivity index (χ0v) is 17.4. The van der Waals surface area contributed by atoms with Gasteiger partial charge >= 0.3 is 0 Å². The number of nitrogens with zero attached hydrogens (tertiary/aromatic N) is 1. The van der Waals surface area contributed by atoms with Crippen LogP contribution in [0.15, 0.2) is 72.4 Å². The quantitative estimate of drug-likeness (QED) is 0.242. The molecule has 0 spiro atoms. The third-order valence-electron chi connectivity index (χ3n) is 4.02. The number of hydrogen-bond acceptors (Lipinski definition) is 4. The van der Waals surface area contributed by atoms with Gasteiger partial charge in [0.1, 0.15) is 16.5 Å². The first-order valence-electron chi connectivity index (χ1n) is 8.81. The van der Waals surface area contributed by atoms with Crippen molar-refractivity contribution in [3.63, 3.8) is 0 Å². The van der Waals surface area contributed by atoms with Crippen LogP contribution in [-0.4, -0.2) is 23.9 Å². The van der Waals surface area contributed by atoms with Gasteiger partial charge in [-0.1, -0.05) is 47.5 Å². The molecule has 2 amide bonds. The summed E-state index contributed by atoms with van der Waals surface area (Å²) >= 11 is 12.1. The Morgan fingerprint density at radius 3 is 2.40 bits per heavy atom. The van der Waals surface area contributed by atoms with Gasteiger partial charge in [-0.05, 0) is 42.5 Å². The largest absolute Gasteiger partial charge is 0.495 e. The van der Waals surface area contributed by atoms with Gasteiger partial charge in [0.2, 0.25) is 0 Å². The van der Waals surface area contributed by atoms with E-state index in [1.807, 2.05) is 6.07 Å². The predicted octanol–water partition coefficient (Wildman–Crippen LogP) is 5.06. The summed E-state index contributed by atoms with van der Waals surface area (Å²) in [5.41, 5.74) is 1.12. The number of methoxy groups -OCH3 is 1. The van der Waals surface area contributed by atoms with E-state index in [0.717, 1.165) is 0 Å². The molecule has 152 valence electrons. The average molecular weight is 442 g/mol. The second-order valence-electron chi connectivity index (χ2n) is 6.06. The number of pyridine rings is 1. The molecule has 0 bridgehead atoms. The van der Waals surface area contributed by atoms with Crippen LogP contribution in [-0.2, 0) is 9.59 Å². The smallest absolute Gasteiger partial charge is 0.261 e. The number of carbonyl (C=O) groups excluding carboxylic acids is 2. The lowest BCUT2D eigenvalue weighted by molar-refractivity contribution is -0.118. The SMILES string of the molecule is COc1ccc(Cl)cc1NC(=O)/C(=C/c1cccnc1Cl)C(=O)Nc1ccccc1. The lowest BCUT2D eigenvalue weighted by Gasteiger charge is -2.13. The van der Waals surface area contributed by atoms with Crippen molar-refractivity contribution >= 4 is 52.5 Å². The molecular weight excluding hydrogens is 425 g/mol. The Morgan fingerprint density at radius 1 is 0.967 bits per heavy atom. The average Bonchev–Trinajstić information content (AvgIpc) is 2.74. The second-order valence-corrected chi connectivity index (χ2v) is 6.85. The summed E-state index contributed by atoms with van der Waals surface area (Å²) in [6.45, 7) is 0. The maximum Gasteiger partial charge on any atom is 0.261 e. The fourth-order valence-electron chi connectivity index (χ4n) is 2.58. The van der Waals surface area contributed by atoms with Crippen molar-refractivity contribution in [2.24, 2.45) is 0 Å². The molecule has 0 aliphatic carbocycles. The summed E-state index contributed by atoms with van der Waals surface area (Å²) in [4.78, 5) is 29.9. The summed E-state index contributed by atoms with van der Waals surface area (Å²) in [6.07, 6.45) is 2.89. The number of aromatic nitrogens is 1. The molecule has 30 heavy (non-hydrogen) atoms. The van der Waals surface area contributed by atoms with Gasteiger partial charge in [-0.25, -0.2) is 4.98 Å². The maximum atomic E-state index is 13.0.